The summed E-state index contributed by atoms with van der Waals surface area (Å²) >= 11 is 2.73. The number of anilines is 1. The predicted octanol–water partition coefficient (Wildman–Crippen LogP) is 2.57. The minimum Gasteiger partial charge on any atom is -0.339 e. The lowest BCUT2D eigenvalue weighted by atomic mass is 9.95. The van der Waals surface area contributed by atoms with Crippen LogP contribution in [0.2, 0.25) is 0 Å². The normalized spacial score (nSPS) is 14.9. The second kappa shape index (κ2) is 9.86. The van der Waals surface area contributed by atoms with E-state index in [1.165, 1.54) is 46.9 Å². The number of carbonyl (C=O) groups excluding carboxylic acids is 2. The third kappa shape index (κ3) is 5.38. The molecule has 0 radical (unpaired) electrons. The van der Waals surface area contributed by atoms with E-state index in [4.69, 9.17) is 0 Å². The topological polar surface area (TPSA) is 121 Å². The van der Waals surface area contributed by atoms with Crippen LogP contribution in [0.15, 0.2) is 52.2 Å². The summed E-state index contributed by atoms with van der Waals surface area (Å²) in [5.74, 6) is -0.480. The molecule has 0 saturated carbocycles. The van der Waals surface area contributed by atoms with Crippen molar-refractivity contribution in [2.24, 2.45) is 5.92 Å². The molecule has 3 heterocycles. The number of nitrogens with one attached hydrogen (secondary N) is 2. The van der Waals surface area contributed by atoms with Crippen molar-refractivity contribution in [1.29, 1.82) is 0 Å². The van der Waals surface area contributed by atoms with E-state index in [1.54, 1.807) is 10.4 Å². The second-order valence-corrected chi connectivity index (χ2v) is 10.9. The summed E-state index contributed by atoms with van der Waals surface area (Å²) in [5.41, 5.74) is 1.96. The van der Waals surface area contributed by atoms with Crippen molar-refractivity contribution < 1.29 is 18.0 Å². The Kier molecular flexibility index (Phi) is 6.94. The number of sulfonamides is 1. The quantitative estimate of drug-likeness (QED) is 0.524. The molecule has 2 amide bonds. The van der Waals surface area contributed by atoms with Gasteiger partial charge >= 0.3 is 0 Å². The van der Waals surface area contributed by atoms with Crippen LogP contribution in [0.4, 0.5) is 5.13 Å². The molecule has 12 heteroatoms. The number of thiophene rings is 1. The smallest absolute Gasteiger partial charge is 0.253 e. The van der Waals surface area contributed by atoms with E-state index < -0.39 is 10.0 Å². The van der Waals surface area contributed by atoms with Crippen LogP contribution in [0.3, 0.4) is 0 Å². The lowest BCUT2D eigenvalue weighted by Gasteiger charge is -2.31. The minimum atomic E-state index is -3.66. The van der Waals surface area contributed by atoms with Gasteiger partial charge in [0, 0.05) is 36.0 Å². The summed E-state index contributed by atoms with van der Waals surface area (Å²) in [6.45, 7) is 1.13. The Morgan fingerprint density at radius 1 is 1.09 bits per heavy atom. The fourth-order valence-corrected chi connectivity index (χ4v) is 5.59. The van der Waals surface area contributed by atoms with E-state index in [0.717, 1.165) is 4.88 Å². The molecule has 0 atom stereocenters. The lowest BCUT2D eigenvalue weighted by molar-refractivity contribution is -0.121. The lowest BCUT2D eigenvalue weighted by Crippen LogP contribution is -2.41. The molecule has 1 aliphatic heterocycles. The molecular weight excluding hydrogens is 470 g/mol. The number of likely N-dealkylation sites (tertiary alicyclic amines) is 1. The summed E-state index contributed by atoms with van der Waals surface area (Å²) in [6, 6.07) is 9.64. The fraction of sp³-hybridized carbons (Fsp3) is 0.300. The van der Waals surface area contributed by atoms with Crippen molar-refractivity contribution in [1.82, 2.24) is 19.8 Å². The number of nitrogens with zero attached hydrogens (tertiary/aromatic N) is 3. The van der Waals surface area contributed by atoms with Crippen LogP contribution < -0.4 is 10.0 Å². The fourth-order valence-electron chi connectivity index (χ4n) is 3.40. The van der Waals surface area contributed by atoms with E-state index in [1.807, 2.05) is 17.5 Å². The van der Waals surface area contributed by atoms with Crippen molar-refractivity contribution in [2.45, 2.75) is 24.3 Å². The monoisotopic (exact) mass is 491 g/mol. The number of piperidine rings is 1. The summed E-state index contributed by atoms with van der Waals surface area (Å²) in [7, 11) is -3.66. The van der Waals surface area contributed by atoms with Gasteiger partial charge in [-0.15, -0.1) is 21.5 Å². The van der Waals surface area contributed by atoms with Crippen molar-refractivity contribution in [3.05, 3.63) is 57.7 Å². The van der Waals surface area contributed by atoms with Gasteiger partial charge in [0.05, 0.1) is 4.90 Å². The number of amides is 2. The minimum absolute atomic E-state index is 0.109. The van der Waals surface area contributed by atoms with Crippen molar-refractivity contribution in [3.63, 3.8) is 0 Å². The molecule has 168 valence electrons. The van der Waals surface area contributed by atoms with Gasteiger partial charge in [-0.2, -0.15) is 0 Å². The maximum Gasteiger partial charge on any atom is 0.253 e. The third-order valence-corrected chi connectivity index (χ3v) is 8.07. The van der Waals surface area contributed by atoms with E-state index >= 15 is 0 Å². The standard InChI is InChI=1S/C20H21N5O4S3/c26-18(23-20-24-21-13-31-20)14-7-9-25(10-8-14)19(27)15-3-5-17(6-4-15)32(28,29)22-12-16-2-1-11-30-16/h1-6,11,13-14,22H,7-10,12H2,(H,23,24,26). The van der Waals surface area contributed by atoms with Gasteiger partial charge in [0.15, 0.2) is 0 Å². The van der Waals surface area contributed by atoms with Crippen LogP contribution in [0.1, 0.15) is 28.1 Å². The number of carbonyl (C=O) groups is 2. The molecule has 1 saturated heterocycles. The zero-order chi connectivity index (χ0) is 22.6. The van der Waals surface area contributed by atoms with E-state index in [-0.39, 0.29) is 29.2 Å². The maximum absolute atomic E-state index is 12.8. The van der Waals surface area contributed by atoms with E-state index in [0.29, 0.717) is 36.6 Å². The van der Waals surface area contributed by atoms with Crippen LogP contribution in [0, 0.1) is 5.92 Å². The SMILES string of the molecule is O=C(Nc1nncs1)C1CCN(C(=O)c2ccc(S(=O)(=O)NCc3cccs3)cc2)CC1. The van der Waals surface area contributed by atoms with Gasteiger partial charge in [0.25, 0.3) is 5.91 Å². The van der Waals surface area contributed by atoms with Gasteiger partial charge in [0.1, 0.15) is 5.51 Å². The van der Waals surface area contributed by atoms with Gasteiger partial charge in [-0.25, -0.2) is 13.1 Å². The van der Waals surface area contributed by atoms with Crippen LogP contribution in [-0.4, -0.2) is 48.4 Å². The Labute approximate surface area is 193 Å². The average molecular weight is 492 g/mol. The maximum atomic E-state index is 12.8. The van der Waals surface area contributed by atoms with Crippen LogP contribution >= 0.6 is 22.7 Å². The molecule has 0 spiro atoms. The first kappa shape index (κ1) is 22.5. The zero-order valence-corrected chi connectivity index (χ0v) is 19.4. The molecule has 2 N–H and O–H groups in total. The molecule has 4 rings (SSSR count). The summed E-state index contributed by atoms with van der Waals surface area (Å²) in [5, 5.41) is 12.6. The summed E-state index contributed by atoms with van der Waals surface area (Å²) in [4.78, 5) is 27.9. The largest absolute Gasteiger partial charge is 0.339 e. The number of hydrogen-bond donors (Lipinski definition) is 2. The highest BCUT2D eigenvalue weighted by Crippen LogP contribution is 2.22. The number of hydrogen-bond acceptors (Lipinski definition) is 8. The van der Waals surface area contributed by atoms with Crippen molar-refractivity contribution in [3.8, 4) is 0 Å². The molecule has 2 aromatic heterocycles. The van der Waals surface area contributed by atoms with Crippen LogP contribution in [0.5, 0.6) is 0 Å². The van der Waals surface area contributed by atoms with Crippen LogP contribution in [-0.2, 0) is 21.4 Å². The third-order valence-electron chi connectivity index (χ3n) is 5.17. The highest BCUT2D eigenvalue weighted by atomic mass is 32.2. The molecule has 32 heavy (non-hydrogen) atoms. The predicted molar refractivity (Wildman–Crippen MR) is 122 cm³/mol. The molecule has 0 unspecified atom stereocenters. The molecule has 0 aliphatic carbocycles. The zero-order valence-electron chi connectivity index (χ0n) is 16.9. The molecule has 1 fully saturated rings. The molecule has 9 nitrogen and oxygen atoms in total. The summed E-state index contributed by atoms with van der Waals surface area (Å²) < 4.78 is 27.5. The van der Waals surface area contributed by atoms with Crippen molar-refractivity contribution >= 4 is 49.6 Å². The number of benzene rings is 1. The average Bonchev–Trinajstić information content (AvgIpc) is 3.52. The number of rotatable bonds is 7. The molecule has 1 aromatic carbocycles. The highest BCUT2D eigenvalue weighted by Gasteiger charge is 2.28. The van der Waals surface area contributed by atoms with Gasteiger partial charge < -0.3 is 10.2 Å². The van der Waals surface area contributed by atoms with Gasteiger partial charge in [-0.1, -0.05) is 17.4 Å². The first-order valence-corrected chi connectivity index (χ1v) is 13.1. The second-order valence-electron chi connectivity index (χ2n) is 7.23. The van der Waals surface area contributed by atoms with Crippen LogP contribution in [0.25, 0.3) is 0 Å². The molecule has 3 aromatic rings. The molecule has 0 bridgehead atoms. The Hall–Kier alpha value is -2.67. The Bertz CT molecular complexity index is 1150. The number of aromatic nitrogens is 2. The van der Waals surface area contributed by atoms with Gasteiger partial charge in [0.2, 0.25) is 21.1 Å². The Balaban J connectivity index is 1.31. The van der Waals surface area contributed by atoms with Gasteiger partial charge in [-0.05, 0) is 48.6 Å². The Morgan fingerprint density at radius 3 is 2.47 bits per heavy atom. The first-order valence-electron chi connectivity index (χ1n) is 9.91. The van der Waals surface area contributed by atoms with E-state index in [2.05, 4.69) is 20.2 Å². The first-order chi connectivity index (χ1) is 15.4. The Morgan fingerprint density at radius 2 is 1.84 bits per heavy atom. The van der Waals surface area contributed by atoms with Gasteiger partial charge in [-0.3, -0.25) is 9.59 Å². The summed E-state index contributed by atoms with van der Waals surface area (Å²) in [6.07, 6.45) is 1.10. The molecular formula is C20H21N5O4S3. The van der Waals surface area contributed by atoms with Crippen molar-refractivity contribution in [2.75, 3.05) is 18.4 Å². The van der Waals surface area contributed by atoms with E-state index in [9.17, 15) is 18.0 Å². The highest BCUT2D eigenvalue weighted by molar-refractivity contribution is 7.89. The molecule has 1 aliphatic rings.